The molecule has 0 radical (unpaired) electrons. The highest BCUT2D eigenvalue weighted by molar-refractivity contribution is 8.14. The van der Waals surface area contributed by atoms with Gasteiger partial charge in [0.15, 0.2) is 5.17 Å². The van der Waals surface area contributed by atoms with E-state index >= 15 is 0 Å². The van der Waals surface area contributed by atoms with E-state index in [9.17, 15) is 4.79 Å². The molecule has 0 aliphatic carbocycles. The number of benzene rings is 2. The Kier molecular flexibility index (Phi) is 6.97. The van der Waals surface area contributed by atoms with Crippen LogP contribution in [0.25, 0.3) is 6.08 Å². The number of thioether (sulfide) groups is 1. The van der Waals surface area contributed by atoms with Crippen molar-refractivity contribution in [1.82, 2.24) is 0 Å². The van der Waals surface area contributed by atoms with Gasteiger partial charge in [-0.1, -0.05) is 74.0 Å². The molecule has 0 unspecified atom stereocenters. The zero-order chi connectivity index (χ0) is 20.1. The fraction of sp³-hybridized carbons (Fsp3) is 0.304. The first-order valence-corrected chi connectivity index (χ1v) is 11.0. The summed E-state index contributed by atoms with van der Waals surface area (Å²) in [6.07, 6.45) is 5.02. The second-order valence-electron chi connectivity index (χ2n) is 6.82. The number of carbonyl (C=O) groups excluding carboxylic acids is 1. The van der Waals surface area contributed by atoms with Crippen molar-refractivity contribution < 1.29 is 4.79 Å². The highest BCUT2D eigenvalue weighted by Gasteiger charge is 2.33. The quantitative estimate of drug-likeness (QED) is 0.401. The minimum Gasteiger partial charge on any atom is -0.266 e. The molecule has 0 N–H and O–H groups in total. The van der Waals surface area contributed by atoms with Crippen molar-refractivity contribution in [1.29, 1.82) is 0 Å². The summed E-state index contributed by atoms with van der Waals surface area (Å²) in [4.78, 5) is 19.5. The van der Waals surface area contributed by atoms with E-state index < -0.39 is 0 Å². The molecule has 5 heteroatoms. The van der Waals surface area contributed by atoms with Crippen LogP contribution in [0.2, 0.25) is 5.02 Å². The maximum atomic E-state index is 13.2. The van der Waals surface area contributed by atoms with Crippen LogP contribution >= 0.6 is 23.4 Å². The van der Waals surface area contributed by atoms with Gasteiger partial charge in [-0.3, -0.25) is 9.69 Å². The summed E-state index contributed by atoms with van der Waals surface area (Å²) in [5.41, 5.74) is 4.43. The van der Waals surface area contributed by atoms with Crippen molar-refractivity contribution in [2.45, 2.75) is 40.0 Å². The Morgan fingerprint density at radius 3 is 2.54 bits per heavy atom. The Hall–Kier alpha value is -2.04. The van der Waals surface area contributed by atoms with Gasteiger partial charge in [-0.25, -0.2) is 4.99 Å². The van der Waals surface area contributed by atoms with Crippen LogP contribution in [-0.2, 0) is 11.2 Å². The number of amidine groups is 1. The minimum absolute atomic E-state index is 0.135. The van der Waals surface area contributed by atoms with Gasteiger partial charge in [0.2, 0.25) is 0 Å². The van der Waals surface area contributed by atoms with Gasteiger partial charge in [-0.15, -0.1) is 0 Å². The summed E-state index contributed by atoms with van der Waals surface area (Å²) >= 11 is 8.07. The van der Waals surface area contributed by atoms with Crippen molar-refractivity contribution in [3.8, 4) is 0 Å². The number of amides is 1. The highest BCUT2D eigenvalue weighted by atomic mass is 35.5. The van der Waals surface area contributed by atoms with Gasteiger partial charge in [0.05, 0.1) is 10.7 Å². The molecule has 28 heavy (non-hydrogen) atoms. The summed E-state index contributed by atoms with van der Waals surface area (Å²) in [7, 11) is 0. The largest absolute Gasteiger partial charge is 0.283 e. The highest BCUT2D eigenvalue weighted by Crippen LogP contribution is 2.34. The first-order chi connectivity index (χ1) is 13.5. The summed E-state index contributed by atoms with van der Waals surface area (Å²) in [6, 6.07) is 14.0. The molecule has 0 spiro atoms. The van der Waals surface area contributed by atoms with E-state index in [2.05, 4.69) is 31.0 Å². The third-order valence-corrected chi connectivity index (χ3v) is 5.92. The molecule has 0 aromatic heterocycles. The van der Waals surface area contributed by atoms with Gasteiger partial charge in [-0.05, 0) is 54.7 Å². The summed E-state index contributed by atoms with van der Waals surface area (Å²) in [5.74, 6) is 0.783. The average Bonchev–Trinajstić information content (AvgIpc) is 2.98. The molecule has 0 fully saturated rings. The van der Waals surface area contributed by atoms with Gasteiger partial charge in [0.25, 0.3) is 5.91 Å². The topological polar surface area (TPSA) is 32.7 Å². The smallest absolute Gasteiger partial charge is 0.266 e. The van der Waals surface area contributed by atoms with Crippen LogP contribution in [0, 0.1) is 6.92 Å². The molecule has 1 aliphatic rings. The molecular formula is C23H25ClN2OS. The van der Waals surface area contributed by atoms with E-state index in [4.69, 9.17) is 11.6 Å². The molecule has 0 saturated carbocycles. The lowest BCUT2D eigenvalue weighted by Crippen LogP contribution is -2.30. The van der Waals surface area contributed by atoms with E-state index in [-0.39, 0.29) is 5.91 Å². The Morgan fingerprint density at radius 1 is 1.14 bits per heavy atom. The lowest BCUT2D eigenvalue weighted by molar-refractivity contribution is -0.113. The number of aryl methyl sites for hydroxylation is 2. The molecule has 2 aromatic rings. The van der Waals surface area contributed by atoms with Crippen LogP contribution in [0.4, 0.5) is 5.69 Å². The molecule has 0 bridgehead atoms. The second kappa shape index (κ2) is 9.44. The number of carbonyl (C=O) groups is 1. The van der Waals surface area contributed by atoms with Crippen LogP contribution in [0.1, 0.15) is 43.4 Å². The summed E-state index contributed by atoms with van der Waals surface area (Å²) in [5, 5.41) is 1.26. The number of nitrogens with zero attached hydrogens (tertiary/aromatic N) is 2. The van der Waals surface area contributed by atoms with E-state index in [0.29, 0.717) is 21.6 Å². The number of aliphatic imine (C=N–C) groups is 1. The Balaban J connectivity index is 1.95. The van der Waals surface area contributed by atoms with Crippen molar-refractivity contribution in [2.75, 3.05) is 10.7 Å². The normalized spacial score (nSPS) is 15.4. The Morgan fingerprint density at radius 2 is 1.89 bits per heavy atom. The lowest BCUT2D eigenvalue weighted by atomic mass is 10.1. The van der Waals surface area contributed by atoms with Crippen molar-refractivity contribution in [2.24, 2.45) is 4.99 Å². The number of halogens is 1. The molecule has 3 nitrogen and oxygen atoms in total. The molecule has 2 aromatic carbocycles. The Bertz CT molecular complexity index is 919. The fourth-order valence-electron chi connectivity index (χ4n) is 2.91. The number of rotatable bonds is 6. The fourth-order valence-corrected chi connectivity index (χ4v) is 4.32. The van der Waals surface area contributed by atoms with Crippen LogP contribution in [0.5, 0.6) is 0 Å². The average molecular weight is 413 g/mol. The number of hydrogen-bond donors (Lipinski definition) is 0. The molecule has 0 atom stereocenters. The standard InChI is InChI=1S/C23H25ClN2OS/c1-4-6-13-28-23-25-20(15-18-10-8-17(5-2)9-11-18)22(27)26(23)21-12-7-16(3)14-19(21)24/h7-12,14-15H,4-6,13H2,1-3H3. The first kappa shape index (κ1) is 20.7. The van der Waals surface area contributed by atoms with Gasteiger partial charge >= 0.3 is 0 Å². The van der Waals surface area contributed by atoms with E-state index in [1.54, 1.807) is 16.7 Å². The number of anilines is 1. The maximum Gasteiger partial charge on any atom is 0.283 e. The van der Waals surface area contributed by atoms with Crippen LogP contribution < -0.4 is 4.90 Å². The predicted octanol–water partition coefficient (Wildman–Crippen LogP) is 6.49. The number of hydrogen-bond acceptors (Lipinski definition) is 3. The lowest BCUT2D eigenvalue weighted by Gasteiger charge is -2.19. The molecular weight excluding hydrogens is 388 g/mol. The Labute approximate surface area is 176 Å². The van der Waals surface area contributed by atoms with Gasteiger partial charge < -0.3 is 0 Å². The second-order valence-corrected chi connectivity index (χ2v) is 8.29. The van der Waals surface area contributed by atoms with Crippen molar-refractivity contribution in [3.05, 3.63) is 69.9 Å². The summed E-state index contributed by atoms with van der Waals surface area (Å²) < 4.78 is 0. The zero-order valence-electron chi connectivity index (χ0n) is 16.5. The zero-order valence-corrected chi connectivity index (χ0v) is 18.1. The predicted molar refractivity (Wildman–Crippen MR) is 122 cm³/mol. The summed E-state index contributed by atoms with van der Waals surface area (Å²) in [6.45, 7) is 6.26. The van der Waals surface area contributed by atoms with Gasteiger partial charge in [-0.2, -0.15) is 0 Å². The third-order valence-electron chi connectivity index (χ3n) is 4.59. The minimum atomic E-state index is -0.135. The van der Waals surface area contributed by atoms with Crippen LogP contribution in [0.15, 0.2) is 53.2 Å². The molecule has 1 aliphatic heterocycles. The first-order valence-electron chi connectivity index (χ1n) is 9.66. The molecule has 146 valence electrons. The molecule has 1 heterocycles. The molecule has 3 rings (SSSR count). The third kappa shape index (κ3) is 4.68. The van der Waals surface area contributed by atoms with Gasteiger partial charge in [0, 0.05) is 5.75 Å². The van der Waals surface area contributed by atoms with Crippen LogP contribution in [0.3, 0.4) is 0 Å². The SMILES string of the molecule is CCCCSC1=NC(=Cc2ccc(CC)cc2)C(=O)N1c1ccc(C)cc1Cl. The maximum absolute atomic E-state index is 13.2. The van der Waals surface area contributed by atoms with Crippen molar-refractivity contribution in [3.63, 3.8) is 0 Å². The monoisotopic (exact) mass is 412 g/mol. The number of unbranched alkanes of at least 4 members (excludes halogenated alkanes) is 1. The van der Waals surface area contributed by atoms with Gasteiger partial charge in [0.1, 0.15) is 5.70 Å². The van der Waals surface area contributed by atoms with E-state index in [1.165, 1.54) is 5.56 Å². The van der Waals surface area contributed by atoms with E-state index in [1.807, 2.05) is 43.3 Å². The molecule has 1 amide bonds. The van der Waals surface area contributed by atoms with E-state index in [0.717, 1.165) is 36.1 Å². The molecule has 0 saturated heterocycles. The van der Waals surface area contributed by atoms with Crippen LogP contribution in [-0.4, -0.2) is 16.8 Å². The van der Waals surface area contributed by atoms with Crippen molar-refractivity contribution >= 4 is 46.2 Å².